The maximum Gasteiger partial charge on any atom is 0.414 e. The molecule has 0 bridgehead atoms. The number of hydrogen-bond acceptors (Lipinski definition) is 4. The standard InChI is InChI=1S/C14H19BrF4N2O2S/c1-12(2,3)24(23)21-13(4,6-10(22)14(17,18)19)9-5-8(15)7-20-11(9)16/h5,7,10,21-22H,6H2,1-4H3/t10-,13-,24?/m0/s1. The first kappa shape index (κ1) is 21.6. The zero-order valence-corrected chi connectivity index (χ0v) is 15.9. The predicted octanol–water partition coefficient (Wildman–Crippen LogP) is 3.56. The molecule has 1 rings (SSSR count). The van der Waals surface area contributed by atoms with E-state index >= 15 is 0 Å². The minimum Gasteiger partial charge on any atom is -0.598 e. The van der Waals surface area contributed by atoms with Gasteiger partial charge in [0.1, 0.15) is 4.75 Å². The Balaban J connectivity index is 3.32. The second-order valence-electron chi connectivity index (χ2n) is 6.57. The van der Waals surface area contributed by atoms with E-state index in [4.69, 9.17) is 0 Å². The van der Waals surface area contributed by atoms with Crippen molar-refractivity contribution in [2.24, 2.45) is 0 Å². The van der Waals surface area contributed by atoms with Gasteiger partial charge >= 0.3 is 6.18 Å². The van der Waals surface area contributed by atoms with Gasteiger partial charge < -0.3 is 9.66 Å². The third kappa shape index (κ3) is 5.55. The van der Waals surface area contributed by atoms with Crippen molar-refractivity contribution in [1.29, 1.82) is 0 Å². The number of aromatic nitrogens is 1. The van der Waals surface area contributed by atoms with Crippen LogP contribution in [0.1, 0.15) is 39.7 Å². The molecule has 0 aliphatic carbocycles. The summed E-state index contributed by atoms with van der Waals surface area (Å²) in [5.41, 5.74) is -1.98. The molecule has 10 heteroatoms. The van der Waals surface area contributed by atoms with Gasteiger partial charge in [-0.3, -0.25) is 0 Å². The van der Waals surface area contributed by atoms with Crippen molar-refractivity contribution in [2.45, 2.75) is 56.7 Å². The molecule has 0 spiro atoms. The molecule has 4 nitrogen and oxygen atoms in total. The van der Waals surface area contributed by atoms with E-state index in [9.17, 15) is 27.2 Å². The fraction of sp³-hybridized carbons (Fsp3) is 0.643. The van der Waals surface area contributed by atoms with Crippen LogP contribution in [0.3, 0.4) is 0 Å². The summed E-state index contributed by atoms with van der Waals surface area (Å²) in [4.78, 5) is 3.47. The highest BCUT2D eigenvalue weighted by molar-refractivity contribution is 9.10. The lowest BCUT2D eigenvalue weighted by molar-refractivity contribution is -0.209. The number of nitrogens with one attached hydrogen (secondary N) is 1. The molecule has 1 aromatic heterocycles. The van der Waals surface area contributed by atoms with Crippen LogP contribution >= 0.6 is 15.9 Å². The summed E-state index contributed by atoms with van der Waals surface area (Å²) in [6.07, 6.45) is -7.37. The number of aliphatic hydroxyl groups excluding tert-OH is 1. The number of hydrogen-bond donors (Lipinski definition) is 2. The molecule has 138 valence electrons. The van der Waals surface area contributed by atoms with Crippen molar-refractivity contribution in [1.82, 2.24) is 9.71 Å². The second kappa shape index (κ2) is 7.45. The van der Waals surface area contributed by atoms with Crippen LogP contribution in [-0.2, 0) is 16.9 Å². The van der Waals surface area contributed by atoms with Crippen LogP contribution in [0.25, 0.3) is 0 Å². The molecular weight excluding hydrogens is 416 g/mol. The van der Waals surface area contributed by atoms with Gasteiger partial charge in [0.25, 0.3) is 0 Å². The number of aliphatic hydroxyl groups is 1. The Morgan fingerprint density at radius 3 is 2.33 bits per heavy atom. The summed E-state index contributed by atoms with van der Waals surface area (Å²) in [7, 11) is 0. The monoisotopic (exact) mass is 434 g/mol. The molecule has 0 fully saturated rings. The summed E-state index contributed by atoms with van der Waals surface area (Å²) in [5.74, 6) is -1.01. The van der Waals surface area contributed by atoms with E-state index in [1.54, 1.807) is 20.8 Å². The number of halogens is 5. The number of alkyl halides is 3. The first-order valence-electron chi connectivity index (χ1n) is 6.93. The molecule has 1 unspecified atom stereocenters. The quantitative estimate of drug-likeness (QED) is 0.422. The summed E-state index contributed by atoms with van der Waals surface area (Å²) in [5, 5.41) is 9.44. The van der Waals surface area contributed by atoms with Crippen molar-refractivity contribution < 1.29 is 27.2 Å². The van der Waals surface area contributed by atoms with Crippen LogP contribution in [0.15, 0.2) is 16.7 Å². The van der Waals surface area contributed by atoms with E-state index in [0.29, 0.717) is 4.47 Å². The highest BCUT2D eigenvalue weighted by atomic mass is 79.9. The van der Waals surface area contributed by atoms with E-state index < -0.39 is 46.3 Å². The zero-order chi connectivity index (χ0) is 18.9. The largest absolute Gasteiger partial charge is 0.598 e. The van der Waals surface area contributed by atoms with Gasteiger partial charge in [-0.25, -0.2) is 4.98 Å². The second-order valence-corrected chi connectivity index (χ2v) is 9.45. The zero-order valence-electron chi connectivity index (χ0n) is 13.5. The van der Waals surface area contributed by atoms with Gasteiger partial charge in [0.2, 0.25) is 5.95 Å². The molecule has 0 aliphatic heterocycles. The smallest absolute Gasteiger partial charge is 0.414 e. The molecule has 0 aliphatic rings. The number of rotatable bonds is 5. The minimum atomic E-state index is -4.89. The van der Waals surface area contributed by atoms with Gasteiger partial charge in [0.15, 0.2) is 6.10 Å². The molecule has 0 amide bonds. The predicted molar refractivity (Wildman–Crippen MR) is 87.0 cm³/mol. The average Bonchev–Trinajstić information content (AvgIpc) is 2.39. The maximum absolute atomic E-state index is 14.1. The normalized spacial score (nSPS) is 18.1. The van der Waals surface area contributed by atoms with Gasteiger partial charge in [-0.05, 0) is 49.7 Å². The molecule has 0 radical (unpaired) electrons. The van der Waals surface area contributed by atoms with E-state index in [-0.39, 0.29) is 5.56 Å². The molecular formula is C14H19BrF4N2O2S. The molecule has 1 aromatic rings. The lowest BCUT2D eigenvalue weighted by atomic mass is 9.88. The van der Waals surface area contributed by atoms with Gasteiger partial charge in [-0.15, -0.1) is 4.72 Å². The Bertz CT molecular complexity index is 559. The third-order valence-electron chi connectivity index (χ3n) is 3.25. The van der Waals surface area contributed by atoms with Crippen molar-refractivity contribution in [3.63, 3.8) is 0 Å². The Kier molecular flexibility index (Phi) is 6.71. The molecule has 0 saturated carbocycles. The summed E-state index contributed by atoms with van der Waals surface area (Å²) in [6, 6.07) is 1.25. The topological polar surface area (TPSA) is 68.2 Å². The molecule has 2 N–H and O–H groups in total. The maximum atomic E-state index is 14.1. The fourth-order valence-corrected chi connectivity index (χ4v) is 3.12. The number of pyridine rings is 1. The first-order valence-corrected chi connectivity index (χ1v) is 8.87. The Morgan fingerprint density at radius 2 is 1.88 bits per heavy atom. The molecule has 0 saturated heterocycles. The third-order valence-corrected chi connectivity index (χ3v) is 5.44. The van der Waals surface area contributed by atoms with Crippen LogP contribution < -0.4 is 4.72 Å². The molecule has 24 heavy (non-hydrogen) atoms. The number of nitrogens with zero attached hydrogens (tertiary/aromatic N) is 1. The van der Waals surface area contributed by atoms with E-state index in [1.807, 2.05) is 0 Å². The summed E-state index contributed by atoms with van der Waals surface area (Å²) >= 11 is 1.28. The lowest BCUT2D eigenvalue weighted by Crippen LogP contribution is -2.53. The van der Waals surface area contributed by atoms with Crippen LogP contribution in [0.5, 0.6) is 0 Å². The Hall–Kier alpha value is -0.420. The average molecular weight is 435 g/mol. The highest BCUT2D eigenvalue weighted by Crippen LogP contribution is 2.36. The van der Waals surface area contributed by atoms with Crippen molar-refractivity contribution in [3.8, 4) is 0 Å². The van der Waals surface area contributed by atoms with Crippen molar-refractivity contribution >= 4 is 27.3 Å². The Labute approximate surface area is 149 Å². The molecule has 1 heterocycles. The summed E-state index contributed by atoms with van der Waals surface area (Å²) < 4.78 is 66.9. The molecule has 0 aromatic carbocycles. The fourth-order valence-electron chi connectivity index (χ4n) is 1.88. The van der Waals surface area contributed by atoms with Crippen LogP contribution in [-0.4, -0.2) is 31.7 Å². The Morgan fingerprint density at radius 1 is 1.33 bits per heavy atom. The van der Waals surface area contributed by atoms with E-state index in [0.717, 1.165) is 6.20 Å². The van der Waals surface area contributed by atoms with Crippen molar-refractivity contribution in [2.75, 3.05) is 0 Å². The van der Waals surface area contributed by atoms with Gasteiger partial charge in [0, 0.05) is 34.0 Å². The van der Waals surface area contributed by atoms with Crippen LogP contribution in [0, 0.1) is 5.95 Å². The van der Waals surface area contributed by atoms with Crippen molar-refractivity contribution in [3.05, 3.63) is 28.2 Å². The van der Waals surface area contributed by atoms with E-state index in [2.05, 4.69) is 25.6 Å². The first-order chi connectivity index (χ1) is 10.7. The SMILES string of the molecule is CC(C)(C)[S+]([O-])N[C@@](C)(C[C@H](O)C(F)(F)F)c1cc(Br)cnc1F. The minimum absolute atomic E-state index is 0.224. The lowest BCUT2D eigenvalue weighted by Gasteiger charge is -2.36. The van der Waals surface area contributed by atoms with E-state index in [1.165, 1.54) is 13.0 Å². The van der Waals surface area contributed by atoms with Gasteiger partial charge in [-0.2, -0.15) is 17.6 Å². The summed E-state index contributed by atoms with van der Waals surface area (Å²) in [6.45, 7) is 6.10. The molecule has 3 atom stereocenters. The van der Waals surface area contributed by atoms with Gasteiger partial charge in [0.05, 0.1) is 5.54 Å². The highest BCUT2D eigenvalue weighted by Gasteiger charge is 2.47. The van der Waals surface area contributed by atoms with Gasteiger partial charge in [-0.1, -0.05) is 0 Å². The van der Waals surface area contributed by atoms with Crippen LogP contribution in [0.4, 0.5) is 17.6 Å². The van der Waals surface area contributed by atoms with Crippen LogP contribution in [0.2, 0.25) is 0 Å².